The standard InChI is InChI=1S/C41H39FN4O10S/c1-3-21-23-11-30-36-25(14-46(30)38(48)26(23)16-53-40(21)51)35-28(6-5-22-17(2)27(42)12-29(44-36)34(22)35)45-41(52)54-15-18-4-7-31(24-10-20(13-43)57-37(18)24)55-33-9-19(47)8-32(56-33)39(49)50/h4,7,10-12,19,21,28,32-33,47H,3,5-6,8-9,13-16,43H2,1-2H3,(H,45,52)(H,49,50)/t19-,21-,28?,32-,33+/m0/s1. The normalized spacial score (nSPS) is 22.1. The number of aryl methyl sites for hydroxylation is 1. The van der Waals surface area contributed by atoms with Crippen molar-refractivity contribution in [1.82, 2.24) is 14.9 Å². The number of amides is 1. The van der Waals surface area contributed by atoms with Crippen LogP contribution in [0.15, 0.2) is 35.1 Å². The summed E-state index contributed by atoms with van der Waals surface area (Å²) >= 11 is 1.41. The Morgan fingerprint density at radius 1 is 1.16 bits per heavy atom. The molecular weight excluding hydrogens is 760 g/mol. The Morgan fingerprint density at radius 3 is 2.75 bits per heavy atom. The van der Waals surface area contributed by atoms with Crippen molar-refractivity contribution >= 4 is 50.4 Å². The average Bonchev–Trinajstić information content (AvgIpc) is 3.79. The summed E-state index contributed by atoms with van der Waals surface area (Å²) in [6.07, 6.45) is -2.33. The van der Waals surface area contributed by atoms with E-state index in [1.807, 2.05) is 19.1 Å². The summed E-state index contributed by atoms with van der Waals surface area (Å²) in [5.41, 5.74) is 11.7. The van der Waals surface area contributed by atoms with E-state index in [0.29, 0.717) is 69.6 Å². The van der Waals surface area contributed by atoms with Crippen molar-refractivity contribution in [3.05, 3.63) is 90.3 Å². The summed E-state index contributed by atoms with van der Waals surface area (Å²) in [6.45, 7) is 3.81. The number of esters is 1. The Bertz CT molecular complexity index is 2600. The summed E-state index contributed by atoms with van der Waals surface area (Å²) < 4.78 is 40.6. The van der Waals surface area contributed by atoms with Crippen molar-refractivity contribution in [2.45, 2.75) is 103 Å². The van der Waals surface area contributed by atoms with Crippen LogP contribution < -0.4 is 21.3 Å². The zero-order chi connectivity index (χ0) is 39.9. The maximum atomic E-state index is 15.3. The Balaban J connectivity index is 1.01. The lowest BCUT2D eigenvalue weighted by Gasteiger charge is -2.31. The van der Waals surface area contributed by atoms with Crippen molar-refractivity contribution in [2.24, 2.45) is 5.73 Å². The number of aliphatic hydroxyl groups excluding tert-OH is 1. The first-order valence-corrected chi connectivity index (χ1v) is 19.7. The monoisotopic (exact) mass is 798 g/mol. The van der Waals surface area contributed by atoms with Gasteiger partial charge in [-0.25, -0.2) is 19.0 Å². The number of carbonyl (C=O) groups excluding carboxylic acids is 2. The highest BCUT2D eigenvalue weighted by Crippen LogP contribution is 2.46. The SMILES string of the molecule is CC[C@@H]1C(=O)OCc2c1cc1n(c2=O)Cc2c-1nc1cc(F)c(C)c3c1c2C(NC(=O)OCc1ccc(O[C@H]2C[C@@H](O)C[C@@H](C(=O)O)O2)c2cc(CN)sc12)CC3. The Hall–Kier alpha value is -5.42. The number of hydrogen-bond donors (Lipinski definition) is 4. The Labute approximate surface area is 328 Å². The van der Waals surface area contributed by atoms with E-state index in [0.717, 1.165) is 31.7 Å². The molecule has 0 spiro atoms. The number of nitrogens with two attached hydrogens (primary N) is 1. The van der Waals surface area contributed by atoms with E-state index in [1.165, 1.54) is 17.4 Å². The van der Waals surface area contributed by atoms with Gasteiger partial charge in [0.25, 0.3) is 5.56 Å². The minimum Gasteiger partial charge on any atom is -0.479 e. The lowest BCUT2D eigenvalue weighted by atomic mass is 9.81. The van der Waals surface area contributed by atoms with Crippen LogP contribution in [0.4, 0.5) is 9.18 Å². The molecule has 5 atom stereocenters. The van der Waals surface area contributed by atoms with Gasteiger partial charge in [0.15, 0.2) is 6.10 Å². The van der Waals surface area contributed by atoms with Crippen LogP contribution in [0.1, 0.15) is 88.4 Å². The largest absolute Gasteiger partial charge is 0.479 e. The molecular formula is C41H39FN4O10S. The summed E-state index contributed by atoms with van der Waals surface area (Å²) in [4.78, 5) is 57.6. The number of nitrogens with zero attached hydrogens (tertiary/aromatic N) is 2. The number of carboxylic acid groups (broad SMARTS) is 1. The van der Waals surface area contributed by atoms with Gasteiger partial charge in [0.2, 0.25) is 6.29 Å². The molecule has 16 heteroatoms. The number of carboxylic acids is 1. The molecule has 1 unspecified atom stereocenters. The molecule has 9 rings (SSSR count). The summed E-state index contributed by atoms with van der Waals surface area (Å²) in [5.74, 6) is -2.13. The molecule has 1 saturated heterocycles. The molecule has 1 aliphatic carbocycles. The Morgan fingerprint density at radius 2 is 1.98 bits per heavy atom. The van der Waals surface area contributed by atoms with Crippen LogP contribution in [-0.2, 0) is 56.5 Å². The number of rotatable bonds is 8. The fourth-order valence-electron chi connectivity index (χ4n) is 8.81. The van der Waals surface area contributed by atoms with Crippen molar-refractivity contribution in [3.8, 4) is 17.1 Å². The quantitative estimate of drug-likeness (QED) is 0.144. The van der Waals surface area contributed by atoms with Gasteiger partial charge in [-0.15, -0.1) is 11.3 Å². The highest BCUT2D eigenvalue weighted by atomic mass is 32.1. The molecule has 2 aromatic carbocycles. The number of ether oxygens (including phenoxy) is 4. The molecule has 5 aromatic rings. The molecule has 57 heavy (non-hydrogen) atoms. The number of cyclic esters (lactones) is 1. The number of benzene rings is 2. The van der Waals surface area contributed by atoms with Gasteiger partial charge in [0, 0.05) is 56.9 Å². The maximum Gasteiger partial charge on any atom is 0.407 e. The molecule has 3 aliphatic heterocycles. The minimum absolute atomic E-state index is 0.0351. The number of hydrogen-bond acceptors (Lipinski definition) is 12. The third-order valence-electron chi connectivity index (χ3n) is 11.6. The molecule has 14 nitrogen and oxygen atoms in total. The number of aliphatic carboxylic acids is 1. The van der Waals surface area contributed by atoms with E-state index in [-0.39, 0.29) is 50.7 Å². The maximum absolute atomic E-state index is 15.3. The number of aromatic nitrogens is 2. The number of thiophene rings is 1. The molecule has 3 aromatic heterocycles. The van der Waals surface area contributed by atoms with Crippen molar-refractivity contribution < 1.29 is 47.9 Å². The fourth-order valence-corrected chi connectivity index (χ4v) is 9.86. The second kappa shape index (κ2) is 14.2. The molecule has 0 saturated carbocycles. The molecule has 1 fully saturated rings. The predicted octanol–water partition coefficient (Wildman–Crippen LogP) is 5.34. The number of alkyl carbamates (subject to hydrolysis) is 1. The number of halogens is 1. The van der Waals surface area contributed by atoms with Crippen molar-refractivity contribution in [1.29, 1.82) is 0 Å². The number of aliphatic hydroxyl groups is 1. The van der Waals surface area contributed by atoms with Crippen LogP contribution in [0.2, 0.25) is 0 Å². The van der Waals surface area contributed by atoms with Gasteiger partial charge < -0.3 is 44.8 Å². The zero-order valence-corrected chi connectivity index (χ0v) is 31.9. The topological polar surface area (TPSA) is 202 Å². The van der Waals surface area contributed by atoms with Crippen LogP contribution >= 0.6 is 11.3 Å². The highest BCUT2D eigenvalue weighted by molar-refractivity contribution is 7.19. The molecule has 296 valence electrons. The van der Waals surface area contributed by atoms with Gasteiger partial charge in [-0.3, -0.25) is 9.59 Å². The average molecular weight is 799 g/mol. The zero-order valence-electron chi connectivity index (χ0n) is 31.1. The first kappa shape index (κ1) is 37.2. The third kappa shape index (κ3) is 6.22. The predicted molar refractivity (Wildman–Crippen MR) is 204 cm³/mol. The van der Waals surface area contributed by atoms with Crippen LogP contribution in [-0.4, -0.2) is 56.3 Å². The van der Waals surface area contributed by atoms with E-state index in [2.05, 4.69) is 5.32 Å². The minimum atomic E-state index is -1.20. The van der Waals surface area contributed by atoms with Crippen LogP contribution in [0.5, 0.6) is 5.75 Å². The van der Waals surface area contributed by atoms with Crippen LogP contribution in [0, 0.1) is 12.7 Å². The van der Waals surface area contributed by atoms with Crippen LogP contribution in [0.3, 0.4) is 0 Å². The number of pyridine rings is 2. The molecule has 0 radical (unpaired) electrons. The van der Waals surface area contributed by atoms with Crippen LogP contribution in [0.25, 0.3) is 32.4 Å². The molecule has 1 amide bonds. The van der Waals surface area contributed by atoms with Gasteiger partial charge in [0.05, 0.1) is 47.1 Å². The van der Waals surface area contributed by atoms with E-state index < -0.39 is 48.3 Å². The number of carbonyl (C=O) groups is 3. The molecule has 6 heterocycles. The molecule has 0 bridgehead atoms. The van der Waals surface area contributed by atoms with Gasteiger partial charge in [-0.1, -0.05) is 13.0 Å². The van der Waals surface area contributed by atoms with Gasteiger partial charge in [-0.2, -0.15) is 0 Å². The van der Waals surface area contributed by atoms with Gasteiger partial charge >= 0.3 is 18.0 Å². The van der Waals surface area contributed by atoms with Crippen molar-refractivity contribution in [2.75, 3.05) is 0 Å². The van der Waals surface area contributed by atoms with Gasteiger partial charge in [-0.05, 0) is 66.6 Å². The van der Waals surface area contributed by atoms with E-state index >= 15 is 4.39 Å². The number of nitrogens with one attached hydrogen (secondary N) is 1. The third-order valence-corrected chi connectivity index (χ3v) is 12.9. The van der Waals surface area contributed by atoms with E-state index in [9.17, 15) is 29.4 Å². The van der Waals surface area contributed by atoms with E-state index in [4.69, 9.17) is 29.7 Å². The summed E-state index contributed by atoms with van der Waals surface area (Å²) in [5, 5.41) is 24.2. The lowest BCUT2D eigenvalue weighted by molar-refractivity contribution is -0.195. The summed E-state index contributed by atoms with van der Waals surface area (Å²) in [6, 6.07) is 7.98. The smallest absolute Gasteiger partial charge is 0.407 e. The summed E-state index contributed by atoms with van der Waals surface area (Å²) in [7, 11) is 0. The molecule has 4 aliphatic rings. The first-order chi connectivity index (χ1) is 27.4. The number of fused-ring (bicyclic) bond motifs is 6. The molecule has 5 N–H and O–H groups in total. The highest BCUT2D eigenvalue weighted by Gasteiger charge is 2.38. The second-order valence-electron chi connectivity index (χ2n) is 15.0. The fraction of sp³-hybridized carbons (Fsp3) is 0.390. The lowest BCUT2D eigenvalue weighted by Crippen LogP contribution is -2.42. The Kier molecular flexibility index (Phi) is 9.26. The van der Waals surface area contributed by atoms with E-state index in [1.54, 1.807) is 23.6 Å². The van der Waals surface area contributed by atoms with Crippen molar-refractivity contribution in [3.63, 3.8) is 0 Å². The second-order valence-corrected chi connectivity index (χ2v) is 16.1. The van der Waals surface area contributed by atoms with Gasteiger partial charge in [0.1, 0.15) is 24.8 Å². The first-order valence-electron chi connectivity index (χ1n) is 18.9.